The molecule has 1 fully saturated rings. The third-order valence-electron chi connectivity index (χ3n) is 3.64. The minimum atomic E-state index is -0.901. The molecule has 1 saturated heterocycles. The Morgan fingerprint density at radius 2 is 2.14 bits per heavy atom. The van der Waals surface area contributed by atoms with Crippen molar-refractivity contribution in [2.24, 2.45) is 0 Å². The van der Waals surface area contributed by atoms with Crippen LogP contribution in [0.25, 0.3) is 0 Å². The lowest BCUT2D eigenvalue weighted by Gasteiger charge is -2.35. The zero-order valence-corrected chi connectivity index (χ0v) is 12.6. The van der Waals surface area contributed by atoms with Crippen LogP contribution in [0.5, 0.6) is 0 Å². The number of benzene rings is 1. The van der Waals surface area contributed by atoms with E-state index in [1.54, 1.807) is 18.2 Å². The van der Waals surface area contributed by atoms with Crippen LogP contribution in [0.15, 0.2) is 41.8 Å². The van der Waals surface area contributed by atoms with Crippen LogP contribution in [0.3, 0.4) is 0 Å². The molecule has 1 N–H and O–H groups in total. The highest BCUT2D eigenvalue weighted by Gasteiger charge is 2.35. The molecule has 4 nitrogen and oxygen atoms in total. The van der Waals surface area contributed by atoms with Crippen molar-refractivity contribution >= 4 is 23.2 Å². The molecule has 2 amide bonds. The molecular formula is C16H15FN2O2S. The third-order valence-corrected chi connectivity index (χ3v) is 4.51. The summed E-state index contributed by atoms with van der Waals surface area (Å²) in [5.41, 5.74) is 0.235. The largest absolute Gasteiger partial charge is 0.352 e. The Bertz CT molecular complexity index is 687. The Kier molecular flexibility index (Phi) is 4.20. The fourth-order valence-corrected chi connectivity index (χ4v) is 3.30. The normalized spacial score (nSPS) is 18.1. The van der Waals surface area contributed by atoms with Crippen LogP contribution in [0, 0.1) is 5.82 Å². The first kappa shape index (κ1) is 14.7. The lowest BCUT2D eigenvalue weighted by molar-refractivity contribution is -0.143. The Labute approximate surface area is 131 Å². The van der Waals surface area contributed by atoms with Crippen LogP contribution in [-0.4, -0.2) is 29.8 Å². The minimum Gasteiger partial charge on any atom is -0.352 e. The predicted octanol–water partition coefficient (Wildman–Crippen LogP) is 2.13. The quantitative estimate of drug-likeness (QED) is 0.942. The Morgan fingerprint density at radius 3 is 2.86 bits per heavy atom. The Hall–Kier alpha value is -2.21. The number of carbonyl (C=O) groups excluding carboxylic acids is 2. The van der Waals surface area contributed by atoms with Gasteiger partial charge in [0.25, 0.3) is 0 Å². The summed E-state index contributed by atoms with van der Waals surface area (Å²) in [7, 11) is 0. The maximum Gasteiger partial charge on any atom is 0.247 e. The fraction of sp³-hybridized carbons (Fsp3) is 0.250. The monoisotopic (exact) mass is 318 g/mol. The second-order valence-corrected chi connectivity index (χ2v) is 6.09. The zero-order chi connectivity index (χ0) is 15.5. The second-order valence-electron chi connectivity index (χ2n) is 5.06. The average Bonchev–Trinajstić information content (AvgIpc) is 3.01. The number of piperazine rings is 1. The summed E-state index contributed by atoms with van der Waals surface area (Å²) in [6, 6.07) is 8.95. The topological polar surface area (TPSA) is 49.4 Å². The molecule has 2 aromatic rings. The summed E-state index contributed by atoms with van der Waals surface area (Å²) in [6.07, 6.45) is 0.232. The van der Waals surface area contributed by atoms with Crippen molar-refractivity contribution in [2.45, 2.75) is 12.5 Å². The van der Waals surface area contributed by atoms with Crippen molar-refractivity contribution in [1.82, 2.24) is 10.2 Å². The molecule has 1 aromatic carbocycles. The molecule has 1 aromatic heterocycles. The van der Waals surface area contributed by atoms with Gasteiger partial charge in [-0.25, -0.2) is 4.39 Å². The van der Waals surface area contributed by atoms with Crippen LogP contribution in [0.4, 0.5) is 4.39 Å². The van der Waals surface area contributed by atoms with Gasteiger partial charge in [-0.2, -0.15) is 0 Å². The summed E-state index contributed by atoms with van der Waals surface area (Å²) in [6.45, 7) is 0.773. The zero-order valence-electron chi connectivity index (χ0n) is 11.8. The molecule has 2 heterocycles. The van der Waals surface area contributed by atoms with Gasteiger partial charge in [0, 0.05) is 23.5 Å². The predicted molar refractivity (Wildman–Crippen MR) is 81.9 cm³/mol. The van der Waals surface area contributed by atoms with E-state index in [-0.39, 0.29) is 23.8 Å². The van der Waals surface area contributed by atoms with Gasteiger partial charge < -0.3 is 10.2 Å². The van der Waals surface area contributed by atoms with E-state index in [1.165, 1.54) is 22.3 Å². The number of rotatable bonds is 3. The Morgan fingerprint density at radius 1 is 1.32 bits per heavy atom. The number of hydrogen-bond donors (Lipinski definition) is 1. The molecular weight excluding hydrogens is 303 g/mol. The third kappa shape index (κ3) is 2.87. The van der Waals surface area contributed by atoms with Gasteiger partial charge in [0.1, 0.15) is 11.9 Å². The first-order chi connectivity index (χ1) is 10.7. The number of carbonyl (C=O) groups is 2. The number of halogens is 1. The molecule has 0 spiro atoms. The number of thiophene rings is 1. The summed E-state index contributed by atoms with van der Waals surface area (Å²) < 4.78 is 14.0. The Balaban J connectivity index is 1.88. The van der Waals surface area contributed by atoms with E-state index < -0.39 is 11.9 Å². The maximum atomic E-state index is 14.0. The molecule has 0 radical (unpaired) electrons. The summed E-state index contributed by atoms with van der Waals surface area (Å²) in [5.74, 6) is -0.972. The smallest absolute Gasteiger partial charge is 0.247 e. The molecule has 22 heavy (non-hydrogen) atoms. The van der Waals surface area contributed by atoms with Crippen molar-refractivity contribution < 1.29 is 14.0 Å². The molecule has 1 unspecified atom stereocenters. The highest BCUT2D eigenvalue weighted by Crippen LogP contribution is 2.26. The second kappa shape index (κ2) is 6.27. The van der Waals surface area contributed by atoms with Crippen LogP contribution < -0.4 is 5.32 Å². The van der Waals surface area contributed by atoms with Crippen molar-refractivity contribution in [2.75, 3.05) is 13.1 Å². The fourth-order valence-electron chi connectivity index (χ4n) is 2.61. The summed E-state index contributed by atoms with van der Waals surface area (Å²) >= 11 is 1.49. The van der Waals surface area contributed by atoms with E-state index >= 15 is 0 Å². The highest BCUT2D eigenvalue weighted by atomic mass is 32.1. The summed E-state index contributed by atoms with van der Waals surface area (Å²) in [4.78, 5) is 27.1. The lowest BCUT2D eigenvalue weighted by atomic mass is 10.0. The van der Waals surface area contributed by atoms with E-state index in [0.717, 1.165) is 4.88 Å². The number of nitrogens with zero attached hydrogens (tertiary/aromatic N) is 1. The van der Waals surface area contributed by atoms with Crippen molar-refractivity contribution in [3.8, 4) is 0 Å². The number of nitrogens with one attached hydrogen (secondary N) is 1. The SMILES string of the molecule is O=C1NCCN(C(=O)Cc2cccs2)C1c1ccccc1F. The maximum absolute atomic E-state index is 14.0. The molecule has 114 valence electrons. The van der Waals surface area contributed by atoms with E-state index in [2.05, 4.69) is 5.32 Å². The van der Waals surface area contributed by atoms with E-state index in [4.69, 9.17) is 0 Å². The van der Waals surface area contributed by atoms with Crippen molar-refractivity contribution in [3.05, 3.63) is 58.0 Å². The molecule has 0 aliphatic carbocycles. The molecule has 1 aliphatic heterocycles. The van der Waals surface area contributed by atoms with Gasteiger partial charge in [-0.05, 0) is 17.5 Å². The van der Waals surface area contributed by atoms with E-state index in [1.807, 2.05) is 17.5 Å². The number of amides is 2. The van der Waals surface area contributed by atoms with Gasteiger partial charge in [0.2, 0.25) is 11.8 Å². The van der Waals surface area contributed by atoms with E-state index in [0.29, 0.717) is 13.1 Å². The van der Waals surface area contributed by atoms with Crippen molar-refractivity contribution in [1.29, 1.82) is 0 Å². The standard InChI is InChI=1S/C16H15FN2O2S/c17-13-6-2-1-5-12(13)15-16(21)18-7-8-19(15)14(20)10-11-4-3-9-22-11/h1-6,9,15H,7-8,10H2,(H,18,21). The van der Waals surface area contributed by atoms with Crippen molar-refractivity contribution in [3.63, 3.8) is 0 Å². The lowest BCUT2D eigenvalue weighted by Crippen LogP contribution is -2.52. The van der Waals surface area contributed by atoms with Gasteiger partial charge in [-0.15, -0.1) is 11.3 Å². The van der Waals surface area contributed by atoms with E-state index in [9.17, 15) is 14.0 Å². The van der Waals surface area contributed by atoms with Crippen LogP contribution >= 0.6 is 11.3 Å². The van der Waals surface area contributed by atoms with Gasteiger partial charge in [-0.1, -0.05) is 24.3 Å². The van der Waals surface area contributed by atoms with Gasteiger partial charge >= 0.3 is 0 Å². The van der Waals surface area contributed by atoms with Gasteiger partial charge in [-0.3, -0.25) is 9.59 Å². The van der Waals surface area contributed by atoms with Gasteiger partial charge in [0.05, 0.1) is 6.42 Å². The molecule has 0 bridgehead atoms. The van der Waals surface area contributed by atoms with Crippen LogP contribution in [0.1, 0.15) is 16.5 Å². The highest BCUT2D eigenvalue weighted by molar-refractivity contribution is 7.10. The number of hydrogen-bond acceptors (Lipinski definition) is 3. The van der Waals surface area contributed by atoms with Crippen LogP contribution in [-0.2, 0) is 16.0 Å². The average molecular weight is 318 g/mol. The molecule has 6 heteroatoms. The first-order valence-corrected chi connectivity index (χ1v) is 7.89. The van der Waals surface area contributed by atoms with Crippen LogP contribution in [0.2, 0.25) is 0 Å². The first-order valence-electron chi connectivity index (χ1n) is 7.01. The molecule has 1 aliphatic rings. The molecule has 0 saturated carbocycles. The van der Waals surface area contributed by atoms with Gasteiger partial charge in [0.15, 0.2) is 0 Å². The molecule has 1 atom stereocenters. The minimum absolute atomic E-state index is 0.162. The molecule has 3 rings (SSSR count). The summed E-state index contributed by atoms with van der Waals surface area (Å²) in [5, 5.41) is 4.61.